The van der Waals surface area contributed by atoms with E-state index in [1.165, 1.54) is 0 Å². The molecule has 1 aromatic rings. The van der Waals surface area contributed by atoms with Gasteiger partial charge in [0.05, 0.1) is 22.5 Å². The fraction of sp³-hybridized carbons (Fsp3) is 0.615. The Bertz CT molecular complexity index is 527. The first-order valence-electron chi connectivity index (χ1n) is 6.38. The van der Waals surface area contributed by atoms with Gasteiger partial charge in [-0.05, 0) is 36.2 Å². The lowest BCUT2D eigenvalue weighted by molar-refractivity contribution is -0.169. The molecule has 0 aromatic carbocycles. The Labute approximate surface area is 126 Å². The van der Waals surface area contributed by atoms with Gasteiger partial charge in [0, 0.05) is 13.5 Å². The number of hydrogen-bond acceptors (Lipinski definition) is 4. The maximum absolute atomic E-state index is 12.1. The van der Waals surface area contributed by atoms with Crippen molar-refractivity contribution in [2.24, 2.45) is 12.5 Å². The highest BCUT2D eigenvalue weighted by atomic mass is 79.9. The minimum absolute atomic E-state index is 0.0373. The van der Waals surface area contributed by atoms with Crippen LogP contribution in [0.5, 0.6) is 0 Å². The third-order valence-electron chi connectivity index (χ3n) is 3.41. The second kappa shape index (κ2) is 6.39. The average Bonchev–Trinajstić information content (AvgIpc) is 2.61. The molecule has 1 rings (SSSR count). The zero-order valence-electron chi connectivity index (χ0n) is 12.1. The van der Waals surface area contributed by atoms with E-state index in [1.807, 2.05) is 6.92 Å². The summed E-state index contributed by atoms with van der Waals surface area (Å²) in [7, 11) is 1.72. The third-order valence-corrected chi connectivity index (χ3v) is 4.44. The van der Waals surface area contributed by atoms with Crippen molar-refractivity contribution in [3.05, 3.63) is 15.9 Å². The predicted octanol–water partition coefficient (Wildman–Crippen LogP) is 2.08. The van der Waals surface area contributed by atoms with Crippen LogP contribution in [-0.2, 0) is 27.8 Å². The number of carbonyl (C=O) groups is 2. The highest BCUT2D eigenvalue weighted by molar-refractivity contribution is 9.10. The summed E-state index contributed by atoms with van der Waals surface area (Å²) >= 11 is 3.39. The fourth-order valence-corrected chi connectivity index (χ4v) is 2.56. The lowest BCUT2D eigenvalue weighted by Crippen LogP contribution is -2.42. The minimum Gasteiger partial charge on any atom is -0.480 e. The van der Waals surface area contributed by atoms with Crippen LogP contribution in [-0.4, -0.2) is 33.4 Å². The highest BCUT2D eigenvalue weighted by Crippen LogP contribution is 2.33. The van der Waals surface area contributed by atoms with Crippen molar-refractivity contribution in [3.63, 3.8) is 0 Å². The number of aliphatic carboxylic acids is 1. The van der Waals surface area contributed by atoms with Gasteiger partial charge in [-0.1, -0.05) is 6.92 Å². The van der Waals surface area contributed by atoms with Crippen molar-refractivity contribution < 1.29 is 19.4 Å². The van der Waals surface area contributed by atoms with Crippen molar-refractivity contribution in [1.82, 2.24) is 9.78 Å². The summed E-state index contributed by atoms with van der Waals surface area (Å²) in [5.74, 6) is -1.88. The number of nitrogens with zero attached hydrogens (tertiary/aromatic N) is 2. The summed E-state index contributed by atoms with van der Waals surface area (Å²) in [5.41, 5.74) is -0.166. The van der Waals surface area contributed by atoms with Crippen LogP contribution in [0.4, 0.5) is 0 Å². The van der Waals surface area contributed by atoms with Crippen LogP contribution in [0.2, 0.25) is 0 Å². The molecule has 1 aromatic heterocycles. The highest BCUT2D eigenvalue weighted by Gasteiger charge is 2.47. The molecule has 1 heterocycles. The molecule has 7 heteroatoms. The molecule has 1 unspecified atom stereocenters. The van der Waals surface area contributed by atoms with Gasteiger partial charge in [0.25, 0.3) is 0 Å². The molecule has 0 radical (unpaired) electrons. The smallest absolute Gasteiger partial charge is 0.323 e. The molecule has 0 aliphatic carbocycles. The van der Waals surface area contributed by atoms with Crippen LogP contribution in [0.1, 0.15) is 31.7 Å². The lowest BCUT2D eigenvalue weighted by atomic mass is 9.80. The SMILES string of the molecule is CCOC(=O)C(CC)(Cc1c(Br)c(C)nn1C)C(=O)O. The number of carbonyl (C=O) groups excluding carboxylic acids is 1. The molecule has 0 spiro atoms. The largest absolute Gasteiger partial charge is 0.480 e. The van der Waals surface area contributed by atoms with E-state index in [1.54, 1.807) is 25.6 Å². The number of carboxylic acid groups (broad SMARTS) is 1. The van der Waals surface area contributed by atoms with E-state index in [4.69, 9.17) is 4.74 Å². The molecule has 112 valence electrons. The van der Waals surface area contributed by atoms with Gasteiger partial charge in [-0.15, -0.1) is 0 Å². The molecular weight excluding hydrogens is 328 g/mol. The molecule has 0 aliphatic rings. The van der Waals surface area contributed by atoms with E-state index in [9.17, 15) is 14.7 Å². The first-order chi connectivity index (χ1) is 9.30. The van der Waals surface area contributed by atoms with Gasteiger partial charge in [-0.2, -0.15) is 5.10 Å². The van der Waals surface area contributed by atoms with Crippen LogP contribution in [0.3, 0.4) is 0 Å². The van der Waals surface area contributed by atoms with Crippen LogP contribution < -0.4 is 0 Å². The van der Waals surface area contributed by atoms with Gasteiger partial charge in [0.15, 0.2) is 5.41 Å². The zero-order valence-corrected chi connectivity index (χ0v) is 13.7. The second-order valence-corrected chi connectivity index (χ2v) is 5.40. The van der Waals surface area contributed by atoms with E-state index >= 15 is 0 Å². The van der Waals surface area contributed by atoms with Crippen molar-refractivity contribution in [2.45, 2.75) is 33.6 Å². The molecule has 0 saturated carbocycles. The second-order valence-electron chi connectivity index (χ2n) is 4.61. The molecule has 0 bridgehead atoms. The van der Waals surface area contributed by atoms with Gasteiger partial charge in [0.2, 0.25) is 0 Å². The summed E-state index contributed by atoms with van der Waals surface area (Å²) in [4.78, 5) is 23.8. The number of ether oxygens (including phenoxy) is 1. The monoisotopic (exact) mass is 346 g/mol. The molecule has 0 fully saturated rings. The van der Waals surface area contributed by atoms with E-state index in [-0.39, 0.29) is 19.4 Å². The average molecular weight is 347 g/mol. The zero-order chi connectivity index (χ0) is 15.5. The summed E-state index contributed by atoms with van der Waals surface area (Å²) in [6.45, 7) is 5.29. The maximum atomic E-state index is 12.1. The molecule has 0 saturated heterocycles. The van der Waals surface area contributed by atoms with E-state index in [0.29, 0.717) is 5.69 Å². The Balaban J connectivity index is 3.26. The molecule has 0 amide bonds. The summed E-state index contributed by atoms with van der Waals surface area (Å²) in [6, 6.07) is 0. The van der Waals surface area contributed by atoms with Crippen LogP contribution >= 0.6 is 15.9 Å². The van der Waals surface area contributed by atoms with Crippen LogP contribution in [0.25, 0.3) is 0 Å². The minimum atomic E-state index is -1.58. The predicted molar refractivity (Wildman–Crippen MR) is 76.3 cm³/mol. The Morgan fingerprint density at radius 2 is 2.05 bits per heavy atom. The molecule has 6 nitrogen and oxygen atoms in total. The molecule has 20 heavy (non-hydrogen) atoms. The number of carboxylic acids is 1. The van der Waals surface area contributed by atoms with Crippen LogP contribution in [0, 0.1) is 12.3 Å². The fourth-order valence-electron chi connectivity index (χ4n) is 2.08. The number of aromatic nitrogens is 2. The lowest BCUT2D eigenvalue weighted by Gasteiger charge is -2.25. The first-order valence-corrected chi connectivity index (χ1v) is 7.18. The first kappa shape index (κ1) is 16.7. The maximum Gasteiger partial charge on any atom is 0.323 e. The Morgan fingerprint density at radius 1 is 1.45 bits per heavy atom. The van der Waals surface area contributed by atoms with Crippen molar-refractivity contribution >= 4 is 27.9 Å². The van der Waals surface area contributed by atoms with Gasteiger partial charge >= 0.3 is 11.9 Å². The summed E-state index contributed by atoms with van der Waals surface area (Å²) in [6.07, 6.45) is 0.188. The summed E-state index contributed by atoms with van der Waals surface area (Å²) in [5, 5.41) is 13.7. The molecule has 0 aliphatic heterocycles. The molecule has 1 atom stereocenters. The van der Waals surface area contributed by atoms with Crippen molar-refractivity contribution in [2.75, 3.05) is 6.61 Å². The Hall–Kier alpha value is -1.37. The number of hydrogen-bond donors (Lipinski definition) is 1. The van der Waals surface area contributed by atoms with Gasteiger partial charge in [-0.3, -0.25) is 14.3 Å². The van der Waals surface area contributed by atoms with Crippen molar-refractivity contribution in [3.8, 4) is 0 Å². The van der Waals surface area contributed by atoms with Gasteiger partial charge in [-0.25, -0.2) is 0 Å². The van der Waals surface area contributed by atoms with E-state index in [0.717, 1.165) is 10.2 Å². The topological polar surface area (TPSA) is 81.4 Å². The standard InChI is InChI=1S/C13H19BrN2O4/c1-5-13(11(17)18,12(19)20-6-2)7-9-10(14)8(3)15-16(9)4/h5-7H2,1-4H3,(H,17,18). The van der Waals surface area contributed by atoms with E-state index < -0.39 is 17.4 Å². The van der Waals surface area contributed by atoms with Gasteiger partial charge in [0.1, 0.15) is 0 Å². The number of halogens is 1. The number of esters is 1. The van der Waals surface area contributed by atoms with Crippen molar-refractivity contribution in [1.29, 1.82) is 0 Å². The van der Waals surface area contributed by atoms with E-state index in [2.05, 4.69) is 21.0 Å². The Morgan fingerprint density at radius 3 is 2.40 bits per heavy atom. The number of rotatable bonds is 6. The number of aryl methyl sites for hydroxylation is 2. The summed E-state index contributed by atoms with van der Waals surface area (Å²) < 4.78 is 7.27. The Kier molecular flexibility index (Phi) is 5.33. The normalized spacial score (nSPS) is 13.8. The molecule has 1 N–H and O–H groups in total. The van der Waals surface area contributed by atoms with Gasteiger partial charge < -0.3 is 9.84 Å². The van der Waals surface area contributed by atoms with Crippen LogP contribution in [0.15, 0.2) is 4.47 Å². The molecular formula is C13H19BrN2O4. The third kappa shape index (κ3) is 2.87. The quantitative estimate of drug-likeness (QED) is 0.629.